The Balaban J connectivity index is 1.42. The van der Waals surface area contributed by atoms with Crippen LogP contribution in [0.2, 0.25) is 0 Å². The van der Waals surface area contributed by atoms with Crippen LogP contribution in [0.15, 0.2) is 72.9 Å². The molecule has 3 rings (SSSR count). The summed E-state index contributed by atoms with van der Waals surface area (Å²) in [5.74, 6) is 0.572. The van der Waals surface area contributed by atoms with Gasteiger partial charge in [0, 0.05) is 24.4 Å². The Kier molecular flexibility index (Phi) is 7.99. The van der Waals surface area contributed by atoms with Crippen molar-refractivity contribution in [2.45, 2.75) is 20.1 Å². The van der Waals surface area contributed by atoms with Gasteiger partial charge in [0.25, 0.3) is 5.91 Å². The molecule has 0 bridgehead atoms. The normalized spacial score (nSPS) is 10.2. The molecule has 0 spiro atoms. The number of rotatable bonds is 10. The van der Waals surface area contributed by atoms with Crippen LogP contribution in [0.4, 0.5) is 0 Å². The van der Waals surface area contributed by atoms with Crippen molar-refractivity contribution in [2.75, 3.05) is 13.2 Å². The molecule has 1 heterocycles. The smallest absolute Gasteiger partial charge is 0.251 e. The van der Waals surface area contributed by atoms with Gasteiger partial charge in [0.2, 0.25) is 11.8 Å². The first-order valence-corrected chi connectivity index (χ1v) is 10.0. The molecule has 0 radical (unpaired) electrons. The van der Waals surface area contributed by atoms with Crippen LogP contribution in [0.3, 0.4) is 0 Å². The highest BCUT2D eigenvalue weighted by atomic mass is 16.5. The summed E-state index contributed by atoms with van der Waals surface area (Å²) < 4.78 is 11.1. The SMILES string of the molecule is CCOc1ccc(C(=O)NCC(=O)NCc2ccnc(OCc3ccccc3)c2)cc1. The van der Waals surface area contributed by atoms with Gasteiger partial charge in [-0.1, -0.05) is 30.3 Å². The maximum atomic E-state index is 12.2. The molecule has 0 fully saturated rings. The second-order valence-corrected chi connectivity index (χ2v) is 6.69. The van der Waals surface area contributed by atoms with Gasteiger partial charge in [0.05, 0.1) is 13.2 Å². The highest BCUT2D eigenvalue weighted by Crippen LogP contribution is 2.13. The molecule has 0 aliphatic heterocycles. The maximum absolute atomic E-state index is 12.2. The summed E-state index contributed by atoms with van der Waals surface area (Å²) >= 11 is 0. The largest absolute Gasteiger partial charge is 0.494 e. The highest BCUT2D eigenvalue weighted by Gasteiger charge is 2.09. The van der Waals surface area contributed by atoms with Crippen LogP contribution >= 0.6 is 0 Å². The minimum absolute atomic E-state index is 0.117. The Hall–Kier alpha value is -3.87. The summed E-state index contributed by atoms with van der Waals surface area (Å²) in [6.45, 7) is 3.06. The summed E-state index contributed by atoms with van der Waals surface area (Å²) in [5.41, 5.74) is 2.36. The Morgan fingerprint density at radius 3 is 2.42 bits per heavy atom. The van der Waals surface area contributed by atoms with Gasteiger partial charge in [0.15, 0.2) is 0 Å². The topological polar surface area (TPSA) is 89.5 Å². The molecule has 0 aliphatic rings. The van der Waals surface area contributed by atoms with Gasteiger partial charge in [-0.25, -0.2) is 4.98 Å². The van der Waals surface area contributed by atoms with Crippen molar-refractivity contribution in [1.82, 2.24) is 15.6 Å². The van der Waals surface area contributed by atoms with Crippen LogP contribution in [0.25, 0.3) is 0 Å². The number of hydrogen-bond donors (Lipinski definition) is 2. The lowest BCUT2D eigenvalue weighted by Crippen LogP contribution is -2.36. The molecular formula is C24H25N3O4. The summed E-state index contributed by atoms with van der Waals surface area (Å²) in [4.78, 5) is 28.5. The predicted octanol–water partition coefficient (Wildman–Crippen LogP) is 3.11. The first-order valence-electron chi connectivity index (χ1n) is 10.0. The van der Waals surface area contributed by atoms with Crippen molar-refractivity contribution in [3.8, 4) is 11.6 Å². The molecule has 160 valence electrons. The minimum Gasteiger partial charge on any atom is -0.494 e. The number of benzene rings is 2. The molecule has 7 heteroatoms. The van der Waals surface area contributed by atoms with E-state index in [0.717, 1.165) is 11.1 Å². The van der Waals surface area contributed by atoms with E-state index in [1.54, 1.807) is 42.6 Å². The Morgan fingerprint density at radius 2 is 1.68 bits per heavy atom. The standard InChI is InChI=1S/C24H25N3O4/c1-2-30-21-10-8-20(9-11-21)24(29)27-16-22(28)26-15-19-12-13-25-23(14-19)31-17-18-6-4-3-5-7-18/h3-14H,2,15-17H2,1H3,(H,26,28)(H,27,29). The second kappa shape index (κ2) is 11.3. The molecule has 0 saturated heterocycles. The van der Waals surface area contributed by atoms with Gasteiger partial charge >= 0.3 is 0 Å². The summed E-state index contributed by atoms with van der Waals surface area (Å²) in [6, 6.07) is 20.1. The van der Waals surface area contributed by atoms with Crippen molar-refractivity contribution >= 4 is 11.8 Å². The van der Waals surface area contributed by atoms with E-state index in [4.69, 9.17) is 9.47 Å². The number of hydrogen-bond acceptors (Lipinski definition) is 5. The molecule has 3 aromatic rings. The zero-order valence-corrected chi connectivity index (χ0v) is 17.3. The number of carbonyl (C=O) groups excluding carboxylic acids is 2. The molecule has 0 saturated carbocycles. The van der Waals surface area contributed by atoms with Gasteiger partial charge in [0.1, 0.15) is 12.4 Å². The number of ether oxygens (including phenoxy) is 2. The Bertz CT molecular complexity index is 991. The molecular weight excluding hydrogens is 394 g/mol. The monoisotopic (exact) mass is 419 g/mol. The van der Waals surface area contributed by atoms with Crippen molar-refractivity contribution < 1.29 is 19.1 Å². The first kappa shape index (κ1) is 21.8. The first-order chi connectivity index (χ1) is 15.1. The fraction of sp³-hybridized carbons (Fsp3) is 0.208. The fourth-order valence-corrected chi connectivity index (χ4v) is 2.77. The lowest BCUT2D eigenvalue weighted by atomic mass is 10.2. The molecule has 0 unspecified atom stereocenters. The van der Waals surface area contributed by atoms with Gasteiger partial charge < -0.3 is 20.1 Å². The van der Waals surface area contributed by atoms with E-state index in [1.807, 2.05) is 37.3 Å². The maximum Gasteiger partial charge on any atom is 0.251 e. The summed E-state index contributed by atoms with van der Waals surface area (Å²) in [5, 5.41) is 5.38. The predicted molar refractivity (Wildman–Crippen MR) is 117 cm³/mol. The van der Waals surface area contributed by atoms with Crippen LogP contribution < -0.4 is 20.1 Å². The van der Waals surface area contributed by atoms with Crippen LogP contribution in [0.5, 0.6) is 11.6 Å². The zero-order valence-electron chi connectivity index (χ0n) is 17.3. The molecule has 0 aliphatic carbocycles. The second-order valence-electron chi connectivity index (χ2n) is 6.69. The molecule has 2 N–H and O–H groups in total. The third-order valence-corrected chi connectivity index (χ3v) is 4.36. The Labute approximate surface area is 181 Å². The van der Waals surface area contributed by atoms with E-state index in [9.17, 15) is 9.59 Å². The van der Waals surface area contributed by atoms with E-state index >= 15 is 0 Å². The van der Waals surface area contributed by atoms with Gasteiger partial charge in [-0.3, -0.25) is 9.59 Å². The van der Waals surface area contributed by atoms with Gasteiger partial charge in [-0.15, -0.1) is 0 Å². The van der Waals surface area contributed by atoms with Crippen molar-refractivity contribution in [1.29, 1.82) is 0 Å². The van der Waals surface area contributed by atoms with Crippen LogP contribution in [0, 0.1) is 0 Å². The molecule has 1 aromatic heterocycles. The number of amides is 2. The summed E-state index contributed by atoms with van der Waals surface area (Å²) in [7, 11) is 0. The fourth-order valence-electron chi connectivity index (χ4n) is 2.77. The number of pyridine rings is 1. The number of carbonyl (C=O) groups is 2. The van der Waals surface area contributed by atoms with Crippen molar-refractivity contribution in [3.63, 3.8) is 0 Å². The summed E-state index contributed by atoms with van der Waals surface area (Å²) in [6.07, 6.45) is 1.63. The van der Waals surface area contributed by atoms with E-state index < -0.39 is 0 Å². The third kappa shape index (κ3) is 7.15. The van der Waals surface area contributed by atoms with Crippen LogP contribution in [-0.4, -0.2) is 29.9 Å². The number of nitrogens with zero attached hydrogens (tertiary/aromatic N) is 1. The quantitative estimate of drug-likeness (QED) is 0.527. The van der Waals surface area contributed by atoms with Crippen molar-refractivity contribution in [3.05, 3.63) is 89.6 Å². The minimum atomic E-state index is -0.321. The van der Waals surface area contributed by atoms with Crippen LogP contribution in [-0.2, 0) is 17.9 Å². The van der Waals surface area contributed by atoms with Gasteiger partial charge in [-0.2, -0.15) is 0 Å². The average molecular weight is 419 g/mol. The molecule has 7 nitrogen and oxygen atoms in total. The van der Waals surface area contributed by atoms with Gasteiger partial charge in [-0.05, 0) is 48.4 Å². The third-order valence-electron chi connectivity index (χ3n) is 4.36. The molecule has 2 aromatic carbocycles. The van der Waals surface area contributed by atoms with Crippen molar-refractivity contribution in [2.24, 2.45) is 0 Å². The molecule has 31 heavy (non-hydrogen) atoms. The zero-order chi connectivity index (χ0) is 21.9. The highest BCUT2D eigenvalue weighted by molar-refractivity contribution is 5.96. The Morgan fingerprint density at radius 1 is 0.903 bits per heavy atom. The van der Waals surface area contributed by atoms with Crippen LogP contribution in [0.1, 0.15) is 28.4 Å². The molecule has 2 amide bonds. The molecule has 0 atom stereocenters. The van der Waals surface area contributed by atoms with E-state index in [1.165, 1.54) is 0 Å². The average Bonchev–Trinajstić information content (AvgIpc) is 2.81. The van der Waals surface area contributed by atoms with E-state index in [0.29, 0.717) is 37.0 Å². The van der Waals surface area contributed by atoms with E-state index in [2.05, 4.69) is 15.6 Å². The lowest BCUT2D eigenvalue weighted by Gasteiger charge is -2.09. The number of nitrogens with one attached hydrogen (secondary N) is 2. The van der Waals surface area contributed by atoms with E-state index in [-0.39, 0.29) is 18.4 Å². The number of aromatic nitrogens is 1. The lowest BCUT2D eigenvalue weighted by molar-refractivity contribution is -0.120.